The van der Waals surface area contributed by atoms with E-state index in [9.17, 15) is 28.5 Å². The lowest BCUT2D eigenvalue weighted by atomic mass is 10.1. The van der Waals surface area contributed by atoms with Crippen molar-refractivity contribution in [3.8, 4) is 5.75 Å². The first-order chi connectivity index (χ1) is 16.1. The van der Waals surface area contributed by atoms with Gasteiger partial charge in [0.2, 0.25) is 0 Å². The maximum atomic E-state index is 12.8. The number of aliphatic hydroxyl groups is 2. The van der Waals surface area contributed by atoms with Crippen LogP contribution >= 0.6 is 0 Å². The molecule has 0 radical (unpaired) electrons. The van der Waals surface area contributed by atoms with Gasteiger partial charge in [-0.05, 0) is 42.3 Å². The SMILES string of the molecule is Cc1cccc(CNC(O)Nc2cc(NC(O)NCc3cccc(C(F)(F)F)c3)ccc2O)c1. The maximum absolute atomic E-state index is 12.8. The van der Waals surface area contributed by atoms with Crippen LogP contribution < -0.4 is 21.3 Å². The molecular weight excluding hydrogens is 449 g/mol. The quantitative estimate of drug-likeness (QED) is 0.136. The molecule has 7 N–H and O–H groups in total. The second-order valence-electron chi connectivity index (χ2n) is 7.77. The Labute approximate surface area is 195 Å². The van der Waals surface area contributed by atoms with Gasteiger partial charge < -0.3 is 26.0 Å². The molecular formula is C24H27F3N4O3. The second kappa shape index (κ2) is 11.2. The van der Waals surface area contributed by atoms with Crippen molar-refractivity contribution in [3.63, 3.8) is 0 Å². The van der Waals surface area contributed by atoms with Gasteiger partial charge in [0.15, 0.2) is 12.7 Å². The molecule has 2 unspecified atom stereocenters. The maximum Gasteiger partial charge on any atom is 0.416 e. The van der Waals surface area contributed by atoms with Crippen LogP contribution in [0, 0.1) is 6.92 Å². The number of alkyl halides is 3. The van der Waals surface area contributed by atoms with E-state index in [1.165, 1.54) is 30.3 Å². The first-order valence-corrected chi connectivity index (χ1v) is 10.5. The van der Waals surface area contributed by atoms with Crippen molar-refractivity contribution in [1.82, 2.24) is 10.6 Å². The van der Waals surface area contributed by atoms with E-state index in [1.54, 1.807) is 0 Å². The summed E-state index contributed by atoms with van der Waals surface area (Å²) >= 11 is 0. The standard InChI is InChI=1S/C24H27F3N4O3/c1-15-4-2-5-16(10-15)13-29-23(34)31-20-12-19(8-9-21(20)32)30-22(33)28-14-17-6-3-7-18(11-17)24(25,26)27/h2-12,22-23,28-34H,13-14H2,1H3. The lowest BCUT2D eigenvalue weighted by Gasteiger charge is -2.20. The highest BCUT2D eigenvalue weighted by molar-refractivity contribution is 5.64. The molecule has 0 amide bonds. The fourth-order valence-electron chi connectivity index (χ4n) is 3.26. The summed E-state index contributed by atoms with van der Waals surface area (Å²) in [7, 11) is 0. The van der Waals surface area contributed by atoms with Crippen molar-refractivity contribution in [2.24, 2.45) is 0 Å². The molecule has 3 aromatic carbocycles. The number of aryl methyl sites for hydroxylation is 1. The van der Waals surface area contributed by atoms with Crippen molar-refractivity contribution in [1.29, 1.82) is 0 Å². The highest BCUT2D eigenvalue weighted by Gasteiger charge is 2.30. The summed E-state index contributed by atoms with van der Waals surface area (Å²) < 4.78 is 38.5. The number of rotatable bonds is 10. The predicted molar refractivity (Wildman–Crippen MR) is 124 cm³/mol. The van der Waals surface area contributed by atoms with Crippen LogP contribution in [0.25, 0.3) is 0 Å². The van der Waals surface area contributed by atoms with Crippen molar-refractivity contribution in [2.45, 2.75) is 38.9 Å². The van der Waals surface area contributed by atoms with Crippen LogP contribution in [-0.2, 0) is 19.3 Å². The van der Waals surface area contributed by atoms with Crippen LogP contribution in [0.4, 0.5) is 24.5 Å². The summed E-state index contributed by atoms with van der Waals surface area (Å²) in [6.07, 6.45) is -6.89. The van der Waals surface area contributed by atoms with Crippen LogP contribution in [0.15, 0.2) is 66.7 Å². The van der Waals surface area contributed by atoms with E-state index in [0.29, 0.717) is 17.8 Å². The van der Waals surface area contributed by atoms with Gasteiger partial charge in [-0.3, -0.25) is 10.6 Å². The molecule has 0 bridgehead atoms. The minimum Gasteiger partial charge on any atom is -0.506 e. The lowest BCUT2D eigenvalue weighted by molar-refractivity contribution is -0.137. The molecule has 10 heteroatoms. The summed E-state index contributed by atoms with van der Waals surface area (Å²) in [6, 6.07) is 16.9. The van der Waals surface area contributed by atoms with Crippen molar-refractivity contribution >= 4 is 11.4 Å². The minimum atomic E-state index is -4.44. The average molecular weight is 476 g/mol. The molecule has 0 aliphatic rings. The molecule has 182 valence electrons. The summed E-state index contributed by atoms with van der Waals surface area (Å²) in [5.74, 6) is -0.117. The molecule has 3 rings (SSSR count). The smallest absolute Gasteiger partial charge is 0.416 e. The molecule has 0 aromatic heterocycles. The number of hydrogen-bond acceptors (Lipinski definition) is 7. The molecule has 0 spiro atoms. The van der Waals surface area contributed by atoms with Crippen LogP contribution in [0.2, 0.25) is 0 Å². The Hall–Kier alpha value is -3.31. The molecule has 3 aromatic rings. The zero-order valence-electron chi connectivity index (χ0n) is 18.4. The van der Waals surface area contributed by atoms with Crippen molar-refractivity contribution < 1.29 is 28.5 Å². The third kappa shape index (κ3) is 7.63. The normalized spacial score (nSPS) is 13.4. The number of aromatic hydroxyl groups is 1. The van der Waals surface area contributed by atoms with Crippen molar-refractivity contribution in [2.75, 3.05) is 10.6 Å². The van der Waals surface area contributed by atoms with Gasteiger partial charge >= 0.3 is 6.18 Å². The number of phenols is 1. The Kier molecular flexibility index (Phi) is 8.35. The molecule has 34 heavy (non-hydrogen) atoms. The van der Waals surface area contributed by atoms with Crippen LogP contribution in [0.5, 0.6) is 5.75 Å². The summed E-state index contributed by atoms with van der Waals surface area (Å²) in [4.78, 5) is 0. The highest BCUT2D eigenvalue weighted by Crippen LogP contribution is 2.30. The first-order valence-electron chi connectivity index (χ1n) is 10.5. The van der Waals surface area contributed by atoms with Crippen LogP contribution in [-0.4, -0.2) is 28.0 Å². The fraction of sp³-hybridized carbons (Fsp3) is 0.250. The monoisotopic (exact) mass is 476 g/mol. The predicted octanol–water partition coefficient (Wildman–Crippen LogP) is 3.67. The Bertz CT molecular complexity index is 1100. The zero-order valence-corrected chi connectivity index (χ0v) is 18.4. The molecule has 0 aliphatic carbocycles. The molecule has 7 nitrogen and oxygen atoms in total. The van der Waals surface area contributed by atoms with Gasteiger partial charge in [-0.25, -0.2) is 0 Å². The summed E-state index contributed by atoms with van der Waals surface area (Å²) in [5, 5.41) is 41.5. The van der Waals surface area contributed by atoms with Gasteiger partial charge in [0.05, 0.1) is 11.3 Å². The Morgan fingerprint density at radius 2 is 1.41 bits per heavy atom. The van der Waals surface area contributed by atoms with E-state index < -0.39 is 24.4 Å². The van der Waals surface area contributed by atoms with Gasteiger partial charge in [-0.1, -0.05) is 48.0 Å². The van der Waals surface area contributed by atoms with E-state index in [1.807, 2.05) is 31.2 Å². The van der Waals surface area contributed by atoms with Crippen LogP contribution in [0.1, 0.15) is 22.3 Å². The second-order valence-corrected chi connectivity index (χ2v) is 7.77. The van der Waals surface area contributed by atoms with E-state index in [4.69, 9.17) is 0 Å². The van der Waals surface area contributed by atoms with Gasteiger partial charge in [0.25, 0.3) is 0 Å². The lowest BCUT2D eigenvalue weighted by Crippen LogP contribution is -2.36. The number of aliphatic hydroxyl groups excluding tert-OH is 2. The fourth-order valence-corrected chi connectivity index (χ4v) is 3.26. The third-order valence-corrected chi connectivity index (χ3v) is 4.93. The van der Waals surface area contributed by atoms with Gasteiger partial charge in [0.1, 0.15) is 5.75 Å². The summed E-state index contributed by atoms with van der Waals surface area (Å²) in [5.41, 5.74) is 2.27. The third-order valence-electron chi connectivity index (χ3n) is 4.93. The number of halogens is 3. The molecule has 2 atom stereocenters. The zero-order chi connectivity index (χ0) is 24.7. The summed E-state index contributed by atoms with van der Waals surface area (Å²) in [6.45, 7) is 2.35. The number of phenolic OH excluding ortho intramolecular Hbond substituents is 1. The van der Waals surface area contributed by atoms with E-state index in [0.717, 1.165) is 23.3 Å². The minimum absolute atomic E-state index is 0.0110. The van der Waals surface area contributed by atoms with Crippen molar-refractivity contribution in [3.05, 3.63) is 89.0 Å². The van der Waals surface area contributed by atoms with E-state index in [2.05, 4.69) is 21.3 Å². The molecule has 0 aliphatic heterocycles. The number of nitrogens with one attached hydrogen (secondary N) is 4. The Morgan fingerprint density at radius 3 is 2.06 bits per heavy atom. The number of anilines is 2. The average Bonchev–Trinajstić information content (AvgIpc) is 2.78. The molecule has 0 heterocycles. The molecule has 0 fully saturated rings. The number of benzene rings is 3. The van der Waals surface area contributed by atoms with E-state index in [-0.39, 0.29) is 18.0 Å². The van der Waals surface area contributed by atoms with Gasteiger partial charge in [-0.15, -0.1) is 0 Å². The first kappa shape index (κ1) is 25.3. The van der Waals surface area contributed by atoms with Gasteiger partial charge in [0, 0.05) is 18.8 Å². The largest absolute Gasteiger partial charge is 0.506 e. The van der Waals surface area contributed by atoms with Gasteiger partial charge in [-0.2, -0.15) is 13.2 Å². The topological polar surface area (TPSA) is 109 Å². The molecule has 0 saturated carbocycles. The number of hydrogen-bond donors (Lipinski definition) is 7. The molecule has 0 saturated heterocycles. The highest BCUT2D eigenvalue weighted by atomic mass is 19.4. The van der Waals surface area contributed by atoms with Crippen LogP contribution in [0.3, 0.4) is 0 Å². The Balaban J connectivity index is 1.53. The Morgan fingerprint density at radius 1 is 0.794 bits per heavy atom. The van der Waals surface area contributed by atoms with E-state index >= 15 is 0 Å².